The lowest BCUT2D eigenvalue weighted by atomic mass is 10.0. The molecule has 1 saturated heterocycles. The first-order valence-corrected chi connectivity index (χ1v) is 13.8. The second-order valence-corrected chi connectivity index (χ2v) is 11.1. The Morgan fingerprint density at radius 1 is 1.26 bits per heavy atom. The molecule has 2 aliphatic heterocycles. The summed E-state index contributed by atoms with van der Waals surface area (Å²) < 4.78 is 1.76. The Labute approximate surface area is 229 Å². The first kappa shape index (κ1) is 26.6. The molecular weight excluding hydrogens is 550 g/mol. The van der Waals surface area contributed by atoms with Crippen LogP contribution in [0.25, 0.3) is 0 Å². The van der Waals surface area contributed by atoms with Gasteiger partial charge >= 0.3 is 11.9 Å². The molecule has 4 heterocycles. The van der Waals surface area contributed by atoms with E-state index < -0.39 is 40.8 Å². The SMILES string of the molecule is Nc1nc(/C(=N\OC2(C(=O)O)CCCC2)C(=O)NC2C(=O)N3C(C(=O)O)=C(C[n+]4ccncc4)CS[C@H]23)cs1. The molecule has 0 bridgehead atoms. The number of carboxylic acids is 2. The number of thiazole rings is 1. The van der Waals surface area contributed by atoms with Crippen molar-refractivity contribution in [1.82, 2.24) is 20.2 Å². The van der Waals surface area contributed by atoms with Crippen LogP contribution in [0, 0.1) is 0 Å². The van der Waals surface area contributed by atoms with E-state index in [4.69, 9.17) is 10.6 Å². The van der Waals surface area contributed by atoms with Gasteiger partial charge in [-0.3, -0.25) is 19.5 Å². The number of anilines is 1. The van der Waals surface area contributed by atoms with E-state index >= 15 is 0 Å². The highest BCUT2D eigenvalue weighted by Gasteiger charge is 2.55. The van der Waals surface area contributed by atoms with E-state index in [0.29, 0.717) is 24.2 Å². The van der Waals surface area contributed by atoms with Crippen molar-refractivity contribution in [1.29, 1.82) is 0 Å². The van der Waals surface area contributed by atoms with Crippen LogP contribution in [0.2, 0.25) is 0 Å². The molecule has 2 aromatic heterocycles. The number of amides is 2. The van der Waals surface area contributed by atoms with Crippen LogP contribution in [-0.2, 0) is 30.6 Å². The summed E-state index contributed by atoms with van der Waals surface area (Å²) in [4.78, 5) is 65.1. The molecule has 1 aliphatic carbocycles. The zero-order valence-electron chi connectivity index (χ0n) is 20.3. The topological polar surface area (TPSA) is 201 Å². The molecule has 2 aromatic rings. The van der Waals surface area contributed by atoms with E-state index in [1.807, 2.05) is 0 Å². The molecular formula is C23H24N7O7S2+. The van der Waals surface area contributed by atoms with Gasteiger partial charge in [0.15, 0.2) is 29.8 Å². The highest BCUT2D eigenvalue weighted by molar-refractivity contribution is 8.00. The number of nitrogens with two attached hydrogens (primary N) is 1. The summed E-state index contributed by atoms with van der Waals surface area (Å²) in [7, 11) is 0. The Hall–Kier alpha value is -4.05. The second-order valence-electron chi connectivity index (χ2n) is 9.14. The summed E-state index contributed by atoms with van der Waals surface area (Å²) in [5, 5.41) is 27.1. The highest BCUT2D eigenvalue weighted by Crippen LogP contribution is 2.40. The molecule has 1 unspecified atom stereocenters. The number of β-lactam (4-membered cyclic amide) rings is 1. The number of aliphatic carboxylic acids is 2. The Balaban J connectivity index is 1.36. The number of nitrogen functional groups attached to an aromatic ring is 1. The van der Waals surface area contributed by atoms with Crippen LogP contribution >= 0.6 is 23.1 Å². The summed E-state index contributed by atoms with van der Waals surface area (Å²) in [6, 6.07) is -1.03. The molecule has 0 radical (unpaired) electrons. The lowest BCUT2D eigenvalue weighted by Gasteiger charge is -2.49. The molecule has 2 fully saturated rings. The summed E-state index contributed by atoms with van der Waals surface area (Å²) >= 11 is 2.37. The lowest BCUT2D eigenvalue weighted by Crippen LogP contribution is -2.71. The Kier molecular flexibility index (Phi) is 7.22. The number of thioether (sulfide) groups is 1. The highest BCUT2D eigenvalue weighted by atomic mass is 32.2. The maximum atomic E-state index is 13.3. The number of rotatable bonds is 9. The molecule has 5 N–H and O–H groups in total. The van der Waals surface area contributed by atoms with Crippen molar-refractivity contribution in [3.63, 3.8) is 0 Å². The predicted octanol–water partition coefficient (Wildman–Crippen LogP) is -0.0353. The smallest absolute Gasteiger partial charge is 0.352 e. The number of oxime groups is 1. The Morgan fingerprint density at radius 3 is 2.59 bits per heavy atom. The largest absolute Gasteiger partial charge is 0.478 e. The van der Waals surface area contributed by atoms with E-state index in [-0.39, 0.29) is 41.6 Å². The summed E-state index contributed by atoms with van der Waals surface area (Å²) in [5.74, 6) is -3.51. The van der Waals surface area contributed by atoms with Gasteiger partial charge in [0.1, 0.15) is 22.8 Å². The number of carbonyl (C=O) groups is 4. The van der Waals surface area contributed by atoms with Crippen molar-refractivity contribution in [2.75, 3.05) is 11.5 Å². The lowest BCUT2D eigenvalue weighted by molar-refractivity contribution is -0.689. The van der Waals surface area contributed by atoms with Crippen molar-refractivity contribution in [2.24, 2.45) is 5.16 Å². The molecule has 2 atom stereocenters. The van der Waals surface area contributed by atoms with Crippen molar-refractivity contribution in [2.45, 2.75) is 49.2 Å². The third-order valence-electron chi connectivity index (χ3n) is 6.69. The minimum atomic E-state index is -1.56. The third kappa shape index (κ3) is 5.04. The molecule has 0 aromatic carbocycles. The summed E-state index contributed by atoms with van der Waals surface area (Å²) in [6.45, 7) is 0.259. The Morgan fingerprint density at radius 2 is 1.97 bits per heavy atom. The molecule has 16 heteroatoms. The maximum absolute atomic E-state index is 13.3. The van der Waals surface area contributed by atoms with E-state index in [9.17, 15) is 29.4 Å². The third-order valence-corrected chi connectivity index (χ3v) is 8.70. The van der Waals surface area contributed by atoms with Crippen LogP contribution in [0.1, 0.15) is 31.4 Å². The number of carboxylic acid groups (broad SMARTS) is 2. The quantitative estimate of drug-likeness (QED) is 0.136. The molecule has 0 spiro atoms. The van der Waals surface area contributed by atoms with Gasteiger partial charge in [-0.1, -0.05) is 5.16 Å². The molecule has 14 nitrogen and oxygen atoms in total. The Bertz CT molecular complexity index is 1390. The zero-order chi connectivity index (χ0) is 27.7. The van der Waals surface area contributed by atoms with Gasteiger partial charge in [-0.25, -0.2) is 14.6 Å². The van der Waals surface area contributed by atoms with Crippen LogP contribution < -0.4 is 15.6 Å². The van der Waals surface area contributed by atoms with E-state index in [1.165, 1.54) is 22.0 Å². The average molecular weight is 575 g/mol. The van der Waals surface area contributed by atoms with Crippen molar-refractivity contribution in [3.8, 4) is 0 Å². The standard InChI is InChI=1S/C23H23N7O7S2/c24-22-26-13(11-39-22)14(28-37-23(21(35)36)3-1-2-4-23)17(31)27-15-18(32)30-16(20(33)34)12(10-38-19(15)30)9-29-7-5-25-6-8-29/h5-8,11,15,19H,1-4,9-10H2,(H4-,24,26,27,31,33,34,35,36)/p+1/b28-14+/t15?,19-/m1/s1. The van der Waals surface area contributed by atoms with Crippen LogP contribution in [-0.4, -0.2) is 77.3 Å². The van der Waals surface area contributed by atoms with Gasteiger partial charge in [0, 0.05) is 29.5 Å². The number of hydrogen-bond donors (Lipinski definition) is 4. The zero-order valence-corrected chi connectivity index (χ0v) is 22.0. The number of hydrogen-bond acceptors (Lipinski definition) is 11. The van der Waals surface area contributed by atoms with Crippen molar-refractivity contribution in [3.05, 3.63) is 47.1 Å². The van der Waals surface area contributed by atoms with Crippen LogP contribution in [0.5, 0.6) is 0 Å². The van der Waals surface area contributed by atoms with E-state index in [0.717, 1.165) is 11.3 Å². The van der Waals surface area contributed by atoms with Crippen LogP contribution in [0.3, 0.4) is 0 Å². The monoisotopic (exact) mass is 574 g/mol. The fourth-order valence-corrected chi connectivity index (χ4v) is 6.60. The van der Waals surface area contributed by atoms with Gasteiger partial charge in [-0.2, -0.15) is 4.57 Å². The molecule has 1 saturated carbocycles. The fourth-order valence-electron chi connectivity index (χ4n) is 4.71. The normalized spacial score (nSPS) is 22.2. The van der Waals surface area contributed by atoms with Gasteiger partial charge < -0.3 is 26.1 Å². The minimum absolute atomic E-state index is 0.0660. The molecule has 2 amide bonds. The van der Waals surface area contributed by atoms with Crippen molar-refractivity contribution >= 4 is 57.7 Å². The van der Waals surface area contributed by atoms with Crippen molar-refractivity contribution < 1.29 is 38.8 Å². The summed E-state index contributed by atoms with van der Waals surface area (Å²) in [5.41, 5.74) is 4.33. The number of nitrogens with one attached hydrogen (secondary N) is 1. The molecule has 39 heavy (non-hydrogen) atoms. The average Bonchev–Trinajstić information content (AvgIpc) is 3.57. The summed E-state index contributed by atoms with van der Waals surface area (Å²) in [6.07, 6.45) is 8.28. The second kappa shape index (κ2) is 10.6. The first-order valence-electron chi connectivity index (χ1n) is 11.9. The predicted molar refractivity (Wildman–Crippen MR) is 137 cm³/mol. The van der Waals surface area contributed by atoms with Gasteiger partial charge in [0.05, 0.1) is 12.4 Å². The number of fused-ring (bicyclic) bond motifs is 1. The number of nitrogens with zero attached hydrogens (tertiary/aromatic N) is 5. The van der Waals surface area contributed by atoms with Crippen LogP contribution in [0.15, 0.2) is 46.6 Å². The molecule has 3 aliphatic rings. The van der Waals surface area contributed by atoms with Gasteiger partial charge in [0.25, 0.3) is 11.8 Å². The fraction of sp³-hybridized carbons (Fsp3) is 0.391. The van der Waals surface area contributed by atoms with Crippen LogP contribution in [0.4, 0.5) is 5.13 Å². The number of aromatic nitrogens is 3. The first-order chi connectivity index (χ1) is 18.7. The van der Waals surface area contributed by atoms with E-state index in [1.54, 1.807) is 29.4 Å². The number of carbonyl (C=O) groups excluding carboxylic acids is 2. The van der Waals surface area contributed by atoms with E-state index in [2.05, 4.69) is 20.4 Å². The minimum Gasteiger partial charge on any atom is -0.478 e. The molecule has 204 valence electrons. The van der Waals surface area contributed by atoms with Gasteiger partial charge in [0.2, 0.25) is 5.60 Å². The maximum Gasteiger partial charge on any atom is 0.352 e. The van der Waals surface area contributed by atoms with Gasteiger partial charge in [-0.05, 0) is 12.8 Å². The van der Waals surface area contributed by atoms with Gasteiger partial charge in [-0.15, -0.1) is 23.1 Å². The molecule has 5 rings (SSSR count).